The molecule has 2 atom stereocenters. The van der Waals surface area contributed by atoms with Gasteiger partial charge in [0.15, 0.2) is 5.82 Å². The number of anilines is 3. The molecule has 4 amide bonds. The van der Waals surface area contributed by atoms with Crippen LogP contribution in [0.1, 0.15) is 77.7 Å². The fraction of sp³-hybridized carbons (Fsp3) is 0.438. The minimum Gasteiger partial charge on any atom is -0.507 e. The van der Waals surface area contributed by atoms with Crippen LogP contribution >= 0.6 is 0 Å². The lowest BCUT2D eigenvalue weighted by molar-refractivity contribution is -0.120. The number of hydrogen-bond acceptors (Lipinski definition) is 10. The topological polar surface area (TPSA) is 162 Å². The number of imide groups is 1. The molecule has 0 spiro atoms. The molecule has 3 aromatic carbocycles. The predicted molar refractivity (Wildman–Crippen MR) is 241 cm³/mol. The van der Waals surface area contributed by atoms with E-state index in [1.807, 2.05) is 41.3 Å². The van der Waals surface area contributed by atoms with Crippen LogP contribution in [0.4, 0.5) is 22.0 Å². The second kappa shape index (κ2) is 17.4. The number of benzene rings is 3. The number of nitrogen functional groups attached to an aromatic ring is 1. The number of nitrogens with one attached hydrogen (secondary N) is 1. The summed E-state index contributed by atoms with van der Waals surface area (Å²) in [4.78, 5) is 46.9. The van der Waals surface area contributed by atoms with Gasteiger partial charge in [-0.3, -0.25) is 19.8 Å². The molecule has 5 aromatic rings. The van der Waals surface area contributed by atoms with Gasteiger partial charge in [0.2, 0.25) is 5.91 Å². The SMILES string of the molecule is CO[C@@H]1C[C@H](c2ccc(C(=O)N3CCC(CN4CCC(n5c(C)cc6c(N7CCC(=O)NC7=O)cccc65)CC4)CC3)cc2C)CN(c2cc(-c3ccccc3O)nnc2N)C1. The second-order valence-corrected chi connectivity index (χ2v) is 17.7. The molecule has 6 heterocycles. The summed E-state index contributed by atoms with van der Waals surface area (Å²) in [5.74, 6) is 1.02. The molecule has 14 heteroatoms. The molecule has 0 aliphatic carbocycles. The highest BCUT2D eigenvalue weighted by molar-refractivity contribution is 6.09. The molecule has 14 nitrogen and oxygen atoms in total. The molecule has 62 heavy (non-hydrogen) atoms. The Bertz CT molecular complexity index is 2490. The summed E-state index contributed by atoms with van der Waals surface area (Å²) in [6.07, 6.45) is 5.21. The van der Waals surface area contributed by atoms with Crippen LogP contribution in [0.15, 0.2) is 72.8 Å². The van der Waals surface area contributed by atoms with Crippen molar-refractivity contribution in [3.63, 3.8) is 0 Å². The van der Waals surface area contributed by atoms with Crippen LogP contribution in [0.3, 0.4) is 0 Å². The molecule has 4 fully saturated rings. The quantitative estimate of drug-likeness (QED) is 0.147. The average molecular weight is 840 g/mol. The Labute approximate surface area is 362 Å². The van der Waals surface area contributed by atoms with Gasteiger partial charge in [0, 0.05) is 100 Å². The number of ether oxygens (including phenoxy) is 1. The first-order chi connectivity index (χ1) is 30.0. The maximum absolute atomic E-state index is 13.9. The Balaban J connectivity index is 0.792. The van der Waals surface area contributed by atoms with Crippen molar-refractivity contribution in [3.05, 3.63) is 95.2 Å². The van der Waals surface area contributed by atoms with Gasteiger partial charge in [0.25, 0.3) is 5.91 Å². The van der Waals surface area contributed by atoms with Crippen molar-refractivity contribution in [2.24, 2.45) is 5.92 Å². The first kappa shape index (κ1) is 41.4. The lowest BCUT2D eigenvalue weighted by Gasteiger charge is -2.39. The summed E-state index contributed by atoms with van der Waals surface area (Å²) >= 11 is 0. The number of para-hydroxylation sites is 1. The Kier molecular flexibility index (Phi) is 11.6. The van der Waals surface area contributed by atoms with E-state index in [0.717, 1.165) is 98.2 Å². The number of nitrogens with zero attached hydrogens (tertiary/aromatic N) is 7. The van der Waals surface area contributed by atoms with Crippen molar-refractivity contribution < 1.29 is 24.2 Å². The van der Waals surface area contributed by atoms with Gasteiger partial charge >= 0.3 is 6.03 Å². The molecule has 2 aromatic heterocycles. The van der Waals surface area contributed by atoms with Crippen LogP contribution in [0.25, 0.3) is 22.2 Å². The lowest BCUT2D eigenvalue weighted by atomic mass is 9.85. The van der Waals surface area contributed by atoms with Gasteiger partial charge < -0.3 is 34.8 Å². The summed E-state index contributed by atoms with van der Waals surface area (Å²) in [6, 6.07) is 23.5. The highest BCUT2D eigenvalue weighted by atomic mass is 16.5. The average Bonchev–Trinajstić information content (AvgIpc) is 3.63. The minimum atomic E-state index is -0.356. The van der Waals surface area contributed by atoms with Crippen molar-refractivity contribution in [1.82, 2.24) is 29.9 Å². The number of phenols is 1. The van der Waals surface area contributed by atoms with Crippen molar-refractivity contribution in [2.45, 2.75) is 70.4 Å². The maximum Gasteiger partial charge on any atom is 0.328 e. The number of aromatic hydroxyl groups is 1. The molecule has 4 saturated heterocycles. The van der Waals surface area contributed by atoms with Crippen molar-refractivity contribution >= 4 is 45.9 Å². The van der Waals surface area contributed by atoms with E-state index in [4.69, 9.17) is 10.5 Å². The van der Waals surface area contributed by atoms with Gasteiger partial charge in [0.1, 0.15) is 5.75 Å². The van der Waals surface area contributed by atoms with Crippen molar-refractivity contribution in [1.29, 1.82) is 0 Å². The van der Waals surface area contributed by atoms with Crippen LogP contribution in [-0.4, -0.2) is 113 Å². The Hall–Kier alpha value is -5.99. The molecule has 0 saturated carbocycles. The third-order valence-electron chi connectivity index (χ3n) is 13.8. The number of hydrogen-bond donors (Lipinski definition) is 3. The number of methoxy groups -OCH3 is 1. The van der Waals surface area contributed by atoms with E-state index in [1.165, 1.54) is 11.3 Å². The Morgan fingerprint density at radius 3 is 2.42 bits per heavy atom. The van der Waals surface area contributed by atoms with E-state index < -0.39 is 0 Å². The number of carbonyl (C=O) groups excluding carboxylic acids is 3. The number of aryl methyl sites for hydroxylation is 2. The predicted octanol–water partition coefficient (Wildman–Crippen LogP) is 6.65. The van der Waals surface area contributed by atoms with Crippen LogP contribution in [0.5, 0.6) is 5.75 Å². The monoisotopic (exact) mass is 839 g/mol. The number of piperidine rings is 3. The normalized spacial score (nSPS) is 20.9. The number of phenolic OH excluding ortho intramolecular Hbond substituents is 1. The molecule has 0 radical (unpaired) electrons. The van der Waals surface area contributed by atoms with Crippen LogP contribution in [-0.2, 0) is 9.53 Å². The molecule has 4 aliphatic rings. The highest BCUT2D eigenvalue weighted by Gasteiger charge is 2.33. The van der Waals surface area contributed by atoms with E-state index >= 15 is 0 Å². The molecule has 9 rings (SSSR count). The number of fused-ring (bicyclic) bond motifs is 1. The zero-order chi connectivity index (χ0) is 43.1. The minimum absolute atomic E-state index is 0.0345. The number of rotatable bonds is 9. The molecule has 324 valence electrons. The maximum atomic E-state index is 13.9. The van der Waals surface area contributed by atoms with Gasteiger partial charge in [-0.2, -0.15) is 0 Å². The molecular weight excluding hydrogens is 783 g/mol. The van der Waals surface area contributed by atoms with E-state index in [9.17, 15) is 19.5 Å². The number of amides is 4. The van der Waals surface area contributed by atoms with Crippen molar-refractivity contribution in [2.75, 3.05) is 75.0 Å². The molecule has 0 unspecified atom stereocenters. The molecule has 4 aliphatic heterocycles. The fourth-order valence-corrected chi connectivity index (χ4v) is 10.5. The largest absolute Gasteiger partial charge is 0.507 e. The summed E-state index contributed by atoms with van der Waals surface area (Å²) in [6.45, 7) is 10.6. The van der Waals surface area contributed by atoms with Crippen LogP contribution < -0.4 is 20.9 Å². The van der Waals surface area contributed by atoms with Gasteiger partial charge in [0.05, 0.1) is 28.7 Å². The number of carbonyl (C=O) groups is 3. The van der Waals surface area contributed by atoms with E-state index in [1.54, 1.807) is 24.1 Å². The highest BCUT2D eigenvalue weighted by Crippen LogP contribution is 2.39. The Morgan fingerprint density at radius 1 is 0.887 bits per heavy atom. The summed E-state index contributed by atoms with van der Waals surface area (Å²) < 4.78 is 8.38. The van der Waals surface area contributed by atoms with Gasteiger partial charge in [-0.05, 0) is 112 Å². The summed E-state index contributed by atoms with van der Waals surface area (Å²) in [7, 11) is 1.74. The molecule has 0 bridgehead atoms. The number of aromatic nitrogens is 3. The first-order valence-corrected chi connectivity index (χ1v) is 22.1. The summed E-state index contributed by atoms with van der Waals surface area (Å²) in [5, 5.41) is 22.5. The van der Waals surface area contributed by atoms with Gasteiger partial charge in [-0.1, -0.05) is 24.3 Å². The summed E-state index contributed by atoms with van der Waals surface area (Å²) in [5.41, 5.74) is 14.5. The second-order valence-electron chi connectivity index (χ2n) is 17.7. The molecule has 4 N–H and O–H groups in total. The fourth-order valence-electron chi connectivity index (χ4n) is 10.5. The zero-order valence-corrected chi connectivity index (χ0v) is 35.9. The number of nitrogens with two attached hydrogens (primary N) is 1. The zero-order valence-electron chi connectivity index (χ0n) is 35.9. The van der Waals surface area contributed by atoms with E-state index in [0.29, 0.717) is 55.1 Å². The third kappa shape index (κ3) is 8.20. The van der Waals surface area contributed by atoms with Crippen LogP contribution in [0, 0.1) is 19.8 Å². The standard InChI is InChI=1S/C48H57N9O5/c1-30-23-33(11-12-37(30)34-25-36(62-3)29-55(28-34)43-26-40(51-52-46(43)49)38-7-4-5-10-44(38)58)47(60)54-20-13-32(14-21-54)27-53-18-15-35(16-19-53)57-31(2)24-39-41(8-6-9-42(39)57)56-22-17-45(59)50-48(56)61/h4-12,23-24,26,32,34-36,58H,13-22,25,27-29H2,1-3H3,(H2,49,52)(H,50,59,61)/t34-,36+/m0/s1. The van der Waals surface area contributed by atoms with E-state index in [2.05, 4.69) is 68.0 Å². The molecular formula is C48H57N9O5. The first-order valence-electron chi connectivity index (χ1n) is 22.1. The number of likely N-dealkylation sites (tertiary alicyclic amines) is 2. The third-order valence-corrected chi connectivity index (χ3v) is 13.8. The Morgan fingerprint density at radius 2 is 1.68 bits per heavy atom. The number of urea groups is 1. The van der Waals surface area contributed by atoms with Crippen LogP contribution in [0.2, 0.25) is 0 Å². The smallest absolute Gasteiger partial charge is 0.328 e. The van der Waals surface area contributed by atoms with E-state index in [-0.39, 0.29) is 35.6 Å². The van der Waals surface area contributed by atoms with Gasteiger partial charge in [-0.25, -0.2) is 4.79 Å². The van der Waals surface area contributed by atoms with Crippen molar-refractivity contribution in [3.8, 4) is 17.0 Å². The lowest BCUT2D eigenvalue weighted by Crippen LogP contribution is -2.49. The van der Waals surface area contributed by atoms with Gasteiger partial charge in [-0.15, -0.1) is 10.2 Å².